The predicted octanol–water partition coefficient (Wildman–Crippen LogP) is 3.91. The largest absolute Gasteiger partial charge is 0.300 e. The van der Waals surface area contributed by atoms with Gasteiger partial charge in [-0.25, -0.2) is 8.78 Å². The molecule has 0 bridgehead atoms. The minimum absolute atomic E-state index is 0.0388. The molecule has 0 aliphatic carbocycles. The SMILES string of the molecule is CC(=O)Cc1ccc2c(C(F)F)cccc2c1. The van der Waals surface area contributed by atoms with Crippen LogP contribution in [-0.2, 0) is 11.2 Å². The second-order valence-electron chi connectivity index (χ2n) is 4.08. The van der Waals surface area contributed by atoms with Crippen LogP contribution in [0.15, 0.2) is 36.4 Å². The average Bonchev–Trinajstić information content (AvgIpc) is 2.26. The number of halogens is 2. The Kier molecular flexibility index (Phi) is 3.18. The third kappa shape index (κ3) is 2.49. The van der Waals surface area contributed by atoms with E-state index in [0.717, 1.165) is 10.9 Å². The Morgan fingerprint density at radius 3 is 2.65 bits per heavy atom. The third-order valence-corrected chi connectivity index (χ3v) is 2.67. The quantitative estimate of drug-likeness (QED) is 0.786. The number of hydrogen-bond acceptors (Lipinski definition) is 1. The Balaban J connectivity index is 2.53. The van der Waals surface area contributed by atoms with Crippen molar-refractivity contribution in [3.63, 3.8) is 0 Å². The molecule has 0 fully saturated rings. The van der Waals surface area contributed by atoms with Gasteiger partial charge in [-0.3, -0.25) is 4.79 Å². The summed E-state index contributed by atoms with van der Waals surface area (Å²) in [6, 6.07) is 10.0. The van der Waals surface area contributed by atoms with E-state index in [9.17, 15) is 13.6 Å². The van der Waals surface area contributed by atoms with Crippen LogP contribution in [0.25, 0.3) is 10.8 Å². The first-order valence-electron chi connectivity index (χ1n) is 5.37. The van der Waals surface area contributed by atoms with E-state index in [0.29, 0.717) is 11.8 Å². The molecular formula is C14H12F2O. The van der Waals surface area contributed by atoms with Crippen LogP contribution in [0.5, 0.6) is 0 Å². The lowest BCUT2D eigenvalue weighted by molar-refractivity contribution is -0.116. The van der Waals surface area contributed by atoms with Gasteiger partial charge in [-0.2, -0.15) is 0 Å². The molecular weight excluding hydrogens is 222 g/mol. The zero-order valence-corrected chi connectivity index (χ0v) is 9.41. The second kappa shape index (κ2) is 4.62. The lowest BCUT2D eigenvalue weighted by atomic mass is 10.0. The Morgan fingerprint density at radius 1 is 1.24 bits per heavy atom. The molecule has 3 heteroatoms. The fourth-order valence-electron chi connectivity index (χ4n) is 1.95. The van der Waals surface area contributed by atoms with Crippen molar-refractivity contribution in [2.75, 3.05) is 0 Å². The van der Waals surface area contributed by atoms with Crippen LogP contribution >= 0.6 is 0 Å². The summed E-state index contributed by atoms with van der Waals surface area (Å²) in [5.41, 5.74) is 0.897. The minimum Gasteiger partial charge on any atom is -0.300 e. The number of Topliss-reactive ketones (excluding diaryl/α,β-unsaturated/α-hetero) is 1. The van der Waals surface area contributed by atoms with Gasteiger partial charge >= 0.3 is 0 Å². The first kappa shape index (κ1) is 11.7. The number of alkyl halides is 2. The number of benzene rings is 2. The molecule has 1 nitrogen and oxygen atoms in total. The van der Waals surface area contributed by atoms with Gasteiger partial charge in [0.25, 0.3) is 6.43 Å². The van der Waals surface area contributed by atoms with Crippen molar-refractivity contribution in [1.29, 1.82) is 0 Å². The molecule has 0 N–H and O–H groups in total. The monoisotopic (exact) mass is 234 g/mol. The van der Waals surface area contributed by atoms with Crippen LogP contribution in [0.4, 0.5) is 8.78 Å². The van der Waals surface area contributed by atoms with Gasteiger partial charge in [0.2, 0.25) is 0 Å². The average molecular weight is 234 g/mol. The highest BCUT2D eigenvalue weighted by Crippen LogP contribution is 2.28. The van der Waals surface area contributed by atoms with Gasteiger partial charge in [-0.15, -0.1) is 0 Å². The van der Waals surface area contributed by atoms with E-state index in [2.05, 4.69) is 0 Å². The molecule has 0 aromatic heterocycles. The van der Waals surface area contributed by atoms with Gasteiger partial charge in [0, 0.05) is 12.0 Å². The number of hydrogen-bond donors (Lipinski definition) is 0. The van der Waals surface area contributed by atoms with Crippen LogP contribution in [-0.4, -0.2) is 5.78 Å². The Bertz CT molecular complexity index is 561. The first-order chi connectivity index (χ1) is 8.08. The molecule has 0 saturated heterocycles. The summed E-state index contributed by atoms with van der Waals surface area (Å²) in [7, 11) is 0. The Hall–Kier alpha value is -1.77. The van der Waals surface area contributed by atoms with Gasteiger partial charge in [0.1, 0.15) is 5.78 Å². The van der Waals surface area contributed by atoms with Crippen molar-refractivity contribution in [3.8, 4) is 0 Å². The van der Waals surface area contributed by atoms with Crippen molar-refractivity contribution in [2.45, 2.75) is 19.8 Å². The maximum Gasteiger partial charge on any atom is 0.264 e. The number of carbonyl (C=O) groups excluding carboxylic acids is 1. The number of rotatable bonds is 3. The molecule has 88 valence electrons. The van der Waals surface area contributed by atoms with Gasteiger partial charge in [0.15, 0.2) is 0 Å². The maximum atomic E-state index is 12.8. The molecule has 2 aromatic carbocycles. The van der Waals surface area contributed by atoms with E-state index >= 15 is 0 Å². The lowest BCUT2D eigenvalue weighted by Crippen LogP contribution is -1.96. The van der Waals surface area contributed by atoms with Crippen molar-refractivity contribution in [1.82, 2.24) is 0 Å². The van der Waals surface area contributed by atoms with Crippen LogP contribution < -0.4 is 0 Å². The van der Waals surface area contributed by atoms with Crippen LogP contribution in [0.2, 0.25) is 0 Å². The van der Waals surface area contributed by atoms with E-state index in [1.54, 1.807) is 30.3 Å². The fourth-order valence-corrected chi connectivity index (χ4v) is 1.95. The molecule has 0 saturated carbocycles. The summed E-state index contributed by atoms with van der Waals surface area (Å²) in [5.74, 6) is 0.0642. The highest BCUT2D eigenvalue weighted by atomic mass is 19.3. The second-order valence-corrected chi connectivity index (χ2v) is 4.08. The molecule has 2 rings (SSSR count). The summed E-state index contributed by atoms with van der Waals surface area (Å²) in [6.07, 6.45) is -2.13. The molecule has 0 spiro atoms. The Morgan fingerprint density at radius 2 is 2.00 bits per heavy atom. The smallest absolute Gasteiger partial charge is 0.264 e. The third-order valence-electron chi connectivity index (χ3n) is 2.67. The molecule has 0 atom stereocenters. The molecule has 17 heavy (non-hydrogen) atoms. The van der Waals surface area contributed by atoms with E-state index in [1.165, 1.54) is 13.0 Å². The molecule has 0 radical (unpaired) electrons. The van der Waals surface area contributed by atoms with Gasteiger partial charge in [0.05, 0.1) is 0 Å². The normalized spacial score (nSPS) is 11.1. The number of carbonyl (C=O) groups is 1. The minimum atomic E-state index is -2.47. The standard InChI is InChI=1S/C14H12F2O/c1-9(17)7-10-5-6-12-11(8-10)3-2-4-13(12)14(15)16/h2-6,8,14H,7H2,1H3. The summed E-state index contributed by atoms with van der Waals surface area (Å²) in [5, 5.41) is 1.30. The lowest BCUT2D eigenvalue weighted by Gasteiger charge is -2.07. The zero-order valence-electron chi connectivity index (χ0n) is 9.41. The van der Waals surface area contributed by atoms with E-state index in [-0.39, 0.29) is 11.3 Å². The van der Waals surface area contributed by atoms with Gasteiger partial charge < -0.3 is 0 Å². The number of fused-ring (bicyclic) bond motifs is 1. The van der Waals surface area contributed by atoms with Crippen molar-refractivity contribution < 1.29 is 13.6 Å². The molecule has 0 unspecified atom stereocenters. The topological polar surface area (TPSA) is 17.1 Å². The predicted molar refractivity (Wildman–Crippen MR) is 63.3 cm³/mol. The molecule has 0 amide bonds. The van der Waals surface area contributed by atoms with Crippen molar-refractivity contribution in [3.05, 3.63) is 47.5 Å². The summed E-state index contributed by atoms with van der Waals surface area (Å²) in [6.45, 7) is 1.51. The summed E-state index contributed by atoms with van der Waals surface area (Å²) in [4.78, 5) is 11.0. The first-order valence-corrected chi connectivity index (χ1v) is 5.37. The molecule has 0 aliphatic rings. The van der Waals surface area contributed by atoms with Crippen LogP contribution in [0, 0.1) is 0 Å². The summed E-state index contributed by atoms with van der Waals surface area (Å²) >= 11 is 0. The highest BCUT2D eigenvalue weighted by molar-refractivity contribution is 5.88. The molecule has 2 aromatic rings. The highest BCUT2D eigenvalue weighted by Gasteiger charge is 2.11. The zero-order chi connectivity index (χ0) is 12.4. The van der Waals surface area contributed by atoms with Crippen LogP contribution in [0.1, 0.15) is 24.5 Å². The Labute approximate surface area is 98.1 Å². The van der Waals surface area contributed by atoms with Crippen molar-refractivity contribution >= 4 is 16.6 Å². The fraction of sp³-hybridized carbons (Fsp3) is 0.214. The number of ketones is 1. The maximum absolute atomic E-state index is 12.8. The molecule has 0 heterocycles. The van der Waals surface area contributed by atoms with E-state index in [1.807, 2.05) is 0 Å². The summed E-state index contributed by atoms with van der Waals surface area (Å²) < 4.78 is 25.5. The van der Waals surface area contributed by atoms with Gasteiger partial charge in [-0.1, -0.05) is 36.4 Å². The van der Waals surface area contributed by atoms with E-state index < -0.39 is 6.43 Å². The molecule has 0 aliphatic heterocycles. The van der Waals surface area contributed by atoms with Gasteiger partial charge in [-0.05, 0) is 23.3 Å². The van der Waals surface area contributed by atoms with E-state index in [4.69, 9.17) is 0 Å². The van der Waals surface area contributed by atoms with Crippen molar-refractivity contribution in [2.24, 2.45) is 0 Å². The van der Waals surface area contributed by atoms with Crippen LogP contribution in [0.3, 0.4) is 0 Å².